The molecule has 18 heterocycles. The lowest BCUT2D eigenvalue weighted by Crippen LogP contribution is -1.83. The molecule has 21 aromatic carbocycles. The second kappa shape index (κ2) is 23.4. The lowest BCUT2D eigenvalue weighted by atomic mass is 10.0. The van der Waals surface area contributed by atoms with Crippen molar-refractivity contribution in [1.29, 1.82) is 0 Å². The Morgan fingerprint density at radius 3 is 0.652 bits per heavy atom. The topological polar surface area (TPSA) is 105 Å². The molecule has 138 heavy (non-hydrogen) atoms. The van der Waals surface area contributed by atoms with Gasteiger partial charge in [-0.2, -0.15) is 0 Å². The molecule has 39 aromatic rings. The van der Waals surface area contributed by atoms with Crippen molar-refractivity contribution in [2.45, 2.75) is 0 Å². The van der Waals surface area contributed by atoms with Crippen LogP contribution in [-0.4, -0.2) is 26.4 Å². The minimum atomic E-state index is 0.924. The molecule has 12 nitrogen and oxygen atoms in total. The van der Waals surface area contributed by atoms with Gasteiger partial charge in [-0.3, -0.25) is 0 Å². The van der Waals surface area contributed by atoms with Crippen LogP contribution in [0.1, 0.15) is 0 Å². The van der Waals surface area contributed by atoms with Crippen LogP contribution in [-0.2, 0) is 0 Å². The number of furan rings is 6. The molecule has 0 aliphatic carbocycles. The number of nitrogens with zero attached hydrogens (tertiary/aromatic N) is 6. The van der Waals surface area contributed by atoms with Gasteiger partial charge in [-0.25, -0.2) is 0 Å². The Bertz CT molecular complexity index is 11900. The summed E-state index contributed by atoms with van der Waals surface area (Å²) in [5, 5.41) is 44.2. The van der Waals surface area contributed by atoms with E-state index in [1.807, 2.05) is 36.4 Å². The Hall–Kier alpha value is -18.8. The van der Waals surface area contributed by atoms with Crippen molar-refractivity contribution in [3.8, 4) is 0 Å². The Labute approximate surface area is 771 Å². The van der Waals surface area contributed by atoms with E-state index in [1.54, 1.807) is 0 Å². The van der Waals surface area contributed by atoms with E-state index < -0.39 is 0 Å². The third kappa shape index (κ3) is 7.92. The number of benzene rings is 21. The Kier molecular flexibility index (Phi) is 11.7. The molecule has 630 valence electrons. The van der Waals surface area contributed by atoms with Crippen molar-refractivity contribution in [2.24, 2.45) is 0 Å². The fraction of sp³-hybridized carbons (Fsp3) is 0. The second-order valence-corrected chi connectivity index (χ2v) is 38.5. The van der Waals surface area contributed by atoms with Crippen LogP contribution < -0.4 is 0 Å². The van der Waals surface area contributed by atoms with E-state index >= 15 is 0 Å². The molecule has 0 fully saturated rings. The van der Waals surface area contributed by atoms with Gasteiger partial charge in [-0.1, -0.05) is 218 Å². The highest BCUT2D eigenvalue weighted by atomic mass is 16.3. The lowest BCUT2D eigenvalue weighted by molar-refractivity contribution is 0.669. The van der Waals surface area contributed by atoms with Crippen molar-refractivity contribution in [3.05, 3.63) is 364 Å². The van der Waals surface area contributed by atoms with Gasteiger partial charge < -0.3 is 52.9 Å². The maximum absolute atomic E-state index is 6.55. The summed E-state index contributed by atoms with van der Waals surface area (Å²) in [6.45, 7) is 0. The van der Waals surface area contributed by atoms with Crippen molar-refractivity contribution in [1.82, 2.24) is 26.4 Å². The van der Waals surface area contributed by atoms with Crippen LogP contribution in [0.3, 0.4) is 0 Å². The lowest BCUT2D eigenvalue weighted by Gasteiger charge is -2.02. The van der Waals surface area contributed by atoms with Crippen LogP contribution in [0.25, 0.3) is 360 Å². The van der Waals surface area contributed by atoms with Gasteiger partial charge in [0.25, 0.3) is 0 Å². The fourth-order valence-electron chi connectivity index (χ4n) is 26.9. The molecular weight excluding hydrogens is 1690 g/mol. The Morgan fingerprint density at radius 2 is 0.326 bits per heavy atom. The standard InChI is InChI=1S/3C42H20N2O2/c1-3-13-37-21(7-1)31-15-27-23-9-5-11-25-29-18-34-30(17-33(29)43(41(23)25)35(27)19-39(31)45-37)26-12-6-10-24-28-16-32-22-8-2-4-14-38(22)46-40(32)20-36(28)44(34)42(24)26;1-3-13-33-23(7-1)39-35(45-33)17-15-29-37(39)25-11-5-9-21-27-20-32-28(19-31(27)43(29)41(21)25)22-10-6-12-26-38-30(44(32)42(22)26)16-18-36-40(38)24-8-2-4-14-34(24)46-36;1-3-13-35-21(7-1)25-15-17-31-37(41(25)45-35)27-11-5-9-23-29-20-34-30(19-33(29)43(31)39(23)27)24-10-6-12-28-38-32(44(34)40(24)28)18-16-26-22-8-2-4-14-36(22)46-42(26)38/h3*1-20H. The maximum atomic E-state index is 6.55. The predicted octanol–water partition coefficient (Wildman–Crippen LogP) is 35.4. The molecule has 0 aliphatic rings. The number of hydrogen-bond acceptors (Lipinski definition) is 6. The number of aromatic nitrogens is 6. The number of rotatable bonds is 0. The molecular formula is C126H60N6O6. The molecule has 39 rings (SSSR count). The first-order valence-corrected chi connectivity index (χ1v) is 47.3. The highest BCUT2D eigenvalue weighted by Crippen LogP contribution is 2.55. The molecule has 0 saturated carbocycles. The first-order chi connectivity index (χ1) is 68.5. The highest BCUT2D eigenvalue weighted by Gasteiger charge is 2.32. The minimum Gasteiger partial charge on any atom is -0.456 e. The normalized spacial score (nSPS) is 13.2. The smallest absolute Gasteiger partial charge is 0.145 e. The quantitative estimate of drug-likeness (QED) is 0.150. The molecule has 12 heteroatoms. The van der Waals surface area contributed by atoms with E-state index in [2.05, 4.69) is 354 Å². The van der Waals surface area contributed by atoms with Crippen molar-refractivity contribution in [3.63, 3.8) is 0 Å². The van der Waals surface area contributed by atoms with Crippen LogP contribution in [0.15, 0.2) is 390 Å². The van der Waals surface area contributed by atoms with Crippen molar-refractivity contribution < 1.29 is 26.5 Å². The maximum Gasteiger partial charge on any atom is 0.145 e. The number of hydrogen-bond donors (Lipinski definition) is 0. The van der Waals surface area contributed by atoms with Crippen LogP contribution >= 0.6 is 0 Å². The summed E-state index contributed by atoms with van der Waals surface area (Å²) in [6.07, 6.45) is 0. The zero-order chi connectivity index (χ0) is 88.2. The molecule has 0 amide bonds. The van der Waals surface area contributed by atoms with Gasteiger partial charge in [0.05, 0.1) is 110 Å². The van der Waals surface area contributed by atoms with E-state index in [4.69, 9.17) is 26.5 Å². The Morgan fingerprint density at radius 1 is 0.109 bits per heavy atom. The molecule has 0 N–H and O–H groups in total. The second-order valence-electron chi connectivity index (χ2n) is 38.5. The van der Waals surface area contributed by atoms with Crippen molar-refractivity contribution >= 4 is 360 Å². The zero-order valence-electron chi connectivity index (χ0n) is 72.8. The molecule has 0 bridgehead atoms. The highest BCUT2D eigenvalue weighted by molar-refractivity contribution is 6.40. The molecule has 0 aliphatic heterocycles. The van der Waals surface area contributed by atoms with Gasteiger partial charge in [0.15, 0.2) is 0 Å². The molecule has 0 atom stereocenters. The summed E-state index contributed by atoms with van der Waals surface area (Å²) in [5.41, 5.74) is 33.4. The van der Waals surface area contributed by atoms with Crippen LogP contribution in [0.5, 0.6) is 0 Å². The van der Waals surface area contributed by atoms with E-state index in [9.17, 15) is 0 Å². The molecule has 18 aromatic heterocycles. The van der Waals surface area contributed by atoms with Crippen LogP contribution in [0.2, 0.25) is 0 Å². The van der Waals surface area contributed by atoms with Gasteiger partial charge in [0.1, 0.15) is 67.0 Å². The van der Waals surface area contributed by atoms with E-state index in [1.165, 1.54) is 272 Å². The molecule has 0 saturated heterocycles. The Balaban J connectivity index is 0.0000000866. The fourth-order valence-corrected chi connectivity index (χ4v) is 26.9. The van der Waals surface area contributed by atoms with E-state index in [0.29, 0.717) is 0 Å². The van der Waals surface area contributed by atoms with Crippen LogP contribution in [0, 0.1) is 0 Å². The molecule has 0 unspecified atom stereocenters. The average molecular weight is 1750 g/mol. The SMILES string of the molecule is c1ccc2c(c1)oc1c2ccc2c1c1cccc3c4cc5c(cc4n2c31)c1cccc2c3c4oc6ccccc6c4ccc3n5c12.c1ccc2c(c1)oc1cc3c(cc12)c1cccc2c4cc5c(cc4n3c12)c1cccc2c3cc4c(cc3n5c21)oc1ccccc14.c1ccc2c(c1)oc1ccc3c(c4cccc5c6cc7c(cc6n3c54)c3cccc4c5c6c(ccc5n7c34)oc3ccccc36)c12. The van der Waals surface area contributed by atoms with Gasteiger partial charge in [0, 0.05) is 195 Å². The number of para-hydroxylation sites is 12. The monoisotopic (exact) mass is 1750 g/mol. The summed E-state index contributed by atoms with van der Waals surface area (Å²) >= 11 is 0. The summed E-state index contributed by atoms with van der Waals surface area (Å²) < 4.78 is 53.3. The van der Waals surface area contributed by atoms with Crippen molar-refractivity contribution in [2.75, 3.05) is 0 Å². The summed E-state index contributed by atoms with van der Waals surface area (Å²) in [6, 6.07) is 132. The van der Waals surface area contributed by atoms with Gasteiger partial charge >= 0.3 is 0 Å². The molecule has 0 spiro atoms. The summed E-state index contributed by atoms with van der Waals surface area (Å²) in [4.78, 5) is 0. The summed E-state index contributed by atoms with van der Waals surface area (Å²) in [5.74, 6) is 0. The largest absolute Gasteiger partial charge is 0.456 e. The van der Waals surface area contributed by atoms with Crippen LogP contribution in [0.4, 0.5) is 0 Å². The third-order valence-electron chi connectivity index (χ3n) is 32.3. The summed E-state index contributed by atoms with van der Waals surface area (Å²) in [7, 11) is 0. The first-order valence-electron chi connectivity index (χ1n) is 47.3. The first kappa shape index (κ1) is 69.2. The minimum absolute atomic E-state index is 0.924. The average Bonchev–Trinajstić information content (AvgIpc) is 1.45. The van der Waals surface area contributed by atoms with Gasteiger partial charge in [-0.15, -0.1) is 0 Å². The third-order valence-corrected chi connectivity index (χ3v) is 32.3. The zero-order valence-corrected chi connectivity index (χ0v) is 72.8. The predicted molar refractivity (Wildman–Crippen MR) is 571 cm³/mol. The molecule has 0 radical (unpaired) electrons. The van der Waals surface area contributed by atoms with E-state index in [-0.39, 0.29) is 0 Å². The number of fused-ring (bicyclic) bond motifs is 58. The van der Waals surface area contributed by atoms with Gasteiger partial charge in [0.2, 0.25) is 0 Å². The van der Waals surface area contributed by atoms with E-state index in [0.717, 1.165) is 88.5 Å². The van der Waals surface area contributed by atoms with Gasteiger partial charge in [-0.05, 0) is 133 Å².